The lowest BCUT2D eigenvalue weighted by molar-refractivity contribution is -0.140. The van der Waals surface area contributed by atoms with Gasteiger partial charge in [0.05, 0.1) is 25.3 Å². The van der Waals surface area contributed by atoms with Gasteiger partial charge in [-0.3, -0.25) is 4.79 Å². The Balaban J connectivity index is 2.12. The topological polar surface area (TPSA) is 52.6 Å². The Kier molecular flexibility index (Phi) is 9.50. The van der Waals surface area contributed by atoms with Gasteiger partial charge >= 0.3 is 18.1 Å². The molecule has 0 saturated heterocycles. The van der Waals surface area contributed by atoms with E-state index in [-0.39, 0.29) is 11.9 Å². The Bertz CT molecular complexity index is 918. The lowest BCUT2D eigenvalue weighted by Crippen LogP contribution is -2.05. The summed E-state index contributed by atoms with van der Waals surface area (Å²) in [5, 5.41) is 0. The molecule has 2 aromatic rings. The molecule has 0 radical (unpaired) electrons. The third-order valence-corrected chi connectivity index (χ3v) is 5.08. The SMILES string of the molecule is COC(=O)CCCCC(/C=C/c1cccc(C(F)(F)F)c1)Cc1ccc(C(=O)OC)cc1. The van der Waals surface area contributed by atoms with Crippen LogP contribution < -0.4 is 0 Å². The van der Waals surface area contributed by atoms with Gasteiger partial charge in [0.15, 0.2) is 0 Å². The van der Waals surface area contributed by atoms with Gasteiger partial charge in [-0.15, -0.1) is 0 Å². The molecule has 0 aliphatic rings. The molecular formula is C25H27F3O4. The van der Waals surface area contributed by atoms with Crippen LogP contribution in [0.1, 0.15) is 52.7 Å². The van der Waals surface area contributed by atoms with Gasteiger partial charge in [-0.2, -0.15) is 13.2 Å². The lowest BCUT2D eigenvalue weighted by Gasteiger charge is -2.14. The van der Waals surface area contributed by atoms with Crippen molar-refractivity contribution in [2.45, 2.75) is 38.3 Å². The van der Waals surface area contributed by atoms with Crippen LogP contribution in [-0.4, -0.2) is 26.2 Å². The van der Waals surface area contributed by atoms with Crippen molar-refractivity contribution in [1.82, 2.24) is 0 Å². The van der Waals surface area contributed by atoms with E-state index in [0.29, 0.717) is 30.4 Å². The highest BCUT2D eigenvalue weighted by molar-refractivity contribution is 5.89. The first-order valence-corrected chi connectivity index (χ1v) is 10.3. The van der Waals surface area contributed by atoms with E-state index in [1.54, 1.807) is 24.3 Å². The first-order chi connectivity index (χ1) is 15.2. The van der Waals surface area contributed by atoms with Crippen LogP contribution >= 0.6 is 0 Å². The molecule has 4 nitrogen and oxygen atoms in total. The molecular weight excluding hydrogens is 421 g/mol. The largest absolute Gasteiger partial charge is 0.469 e. The zero-order valence-corrected chi connectivity index (χ0v) is 18.2. The monoisotopic (exact) mass is 448 g/mol. The predicted octanol–water partition coefficient (Wildman–Crippen LogP) is 6.10. The zero-order chi connectivity index (χ0) is 23.6. The summed E-state index contributed by atoms with van der Waals surface area (Å²) in [6, 6.07) is 12.2. The van der Waals surface area contributed by atoms with Gasteiger partial charge in [0.25, 0.3) is 0 Å². The quantitative estimate of drug-likeness (QED) is 0.326. The predicted molar refractivity (Wildman–Crippen MR) is 116 cm³/mol. The molecule has 7 heteroatoms. The Morgan fingerprint density at radius 2 is 1.72 bits per heavy atom. The summed E-state index contributed by atoms with van der Waals surface area (Å²) in [5.41, 5.74) is 1.22. The van der Waals surface area contributed by atoms with E-state index >= 15 is 0 Å². The van der Waals surface area contributed by atoms with Crippen molar-refractivity contribution < 1.29 is 32.2 Å². The van der Waals surface area contributed by atoms with Gasteiger partial charge < -0.3 is 9.47 Å². The summed E-state index contributed by atoms with van der Waals surface area (Å²) in [6.07, 6.45) is 2.38. The van der Waals surface area contributed by atoms with Gasteiger partial charge in [0, 0.05) is 6.42 Å². The third kappa shape index (κ3) is 8.21. The van der Waals surface area contributed by atoms with Crippen LogP contribution in [0.4, 0.5) is 13.2 Å². The number of alkyl halides is 3. The highest BCUT2D eigenvalue weighted by atomic mass is 19.4. The van der Waals surface area contributed by atoms with E-state index in [4.69, 9.17) is 4.74 Å². The summed E-state index contributed by atoms with van der Waals surface area (Å²) in [7, 11) is 2.67. The molecule has 32 heavy (non-hydrogen) atoms. The maximum Gasteiger partial charge on any atom is 0.416 e. The third-order valence-electron chi connectivity index (χ3n) is 5.08. The van der Waals surface area contributed by atoms with Crippen molar-refractivity contribution >= 4 is 18.0 Å². The molecule has 1 atom stereocenters. The molecule has 0 spiro atoms. The number of unbranched alkanes of at least 4 members (excludes halogenated alkanes) is 1. The average Bonchev–Trinajstić information content (AvgIpc) is 2.79. The summed E-state index contributed by atoms with van der Waals surface area (Å²) in [4.78, 5) is 22.9. The van der Waals surface area contributed by atoms with Crippen LogP contribution in [0.25, 0.3) is 6.08 Å². The van der Waals surface area contributed by atoms with Gasteiger partial charge in [-0.05, 0) is 60.6 Å². The molecule has 1 unspecified atom stereocenters. The van der Waals surface area contributed by atoms with Crippen molar-refractivity contribution in [2.24, 2.45) is 5.92 Å². The fraction of sp³-hybridized carbons (Fsp3) is 0.360. The second-order valence-electron chi connectivity index (χ2n) is 7.46. The van der Waals surface area contributed by atoms with Gasteiger partial charge in [-0.1, -0.05) is 42.8 Å². The summed E-state index contributed by atoms with van der Waals surface area (Å²) >= 11 is 0. The van der Waals surface area contributed by atoms with Crippen molar-refractivity contribution in [3.05, 3.63) is 76.9 Å². The van der Waals surface area contributed by atoms with E-state index in [2.05, 4.69) is 4.74 Å². The highest BCUT2D eigenvalue weighted by Crippen LogP contribution is 2.30. The number of hydrogen-bond acceptors (Lipinski definition) is 4. The molecule has 0 fully saturated rings. The van der Waals surface area contributed by atoms with Crippen LogP contribution in [0.5, 0.6) is 0 Å². The van der Waals surface area contributed by atoms with Crippen LogP contribution in [0, 0.1) is 5.92 Å². The highest BCUT2D eigenvalue weighted by Gasteiger charge is 2.30. The number of allylic oxidation sites excluding steroid dienone is 1. The average molecular weight is 448 g/mol. The molecule has 0 aliphatic carbocycles. The summed E-state index contributed by atoms with van der Waals surface area (Å²) in [5.74, 6) is -0.633. The van der Waals surface area contributed by atoms with Crippen molar-refractivity contribution in [2.75, 3.05) is 14.2 Å². The van der Waals surface area contributed by atoms with Gasteiger partial charge in [0.1, 0.15) is 0 Å². The fourth-order valence-electron chi connectivity index (χ4n) is 3.31. The minimum Gasteiger partial charge on any atom is -0.469 e. The first kappa shape index (κ1) is 25.2. The van der Waals surface area contributed by atoms with Crippen LogP contribution in [0.15, 0.2) is 54.6 Å². The van der Waals surface area contributed by atoms with E-state index in [9.17, 15) is 22.8 Å². The van der Waals surface area contributed by atoms with Crippen molar-refractivity contribution in [3.8, 4) is 0 Å². The smallest absolute Gasteiger partial charge is 0.416 e. The number of carbonyl (C=O) groups excluding carboxylic acids is 2. The molecule has 0 saturated carbocycles. The second-order valence-corrected chi connectivity index (χ2v) is 7.46. The van der Waals surface area contributed by atoms with Crippen LogP contribution in [0.2, 0.25) is 0 Å². The van der Waals surface area contributed by atoms with Gasteiger partial charge in [0.2, 0.25) is 0 Å². The lowest BCUT2D eigenvalue weighted by atomic mass is 9.92. The minimum atomic E-state index is -4.39. The Hall–Kier alpha value is -3.09. The Morgan fingerprint density at radius 1 is 1.00 bits per heavy atom. The molecule has 2 rings (SSSR count). The number of carbonyl (C=O) groups is 2. The summed E-state index contributed by atoms with van der Waals surface area (Å²) < 4.78 is 48.3. The fourth-order valence-corrected chi connectivity index (χ4v) is 3.31. The maximum atomic E-state index is 13.0. The number of ether oxygens (including phenoxy) is 2. The number of esters is 2. The van der Waals surface area contributed by atoms with E-state index in [1.807, 2.05) is 18.2 Å². The molecule has 0 aromatic heterocycles. The maximum absolute atomic E-state index is 13.0. The van der Waals surface area contributed by atoms with Gasteiger partial charge in [-0.25, -0.2) is 4.79 Å². The summed E-state index contributed by atoms with van der Waals surface area (Å²) in [6.45, 7) is 0. The molecule has 0 aliphatic heterocycles. The van der Waals surface area contributed by atoms with Crippen molar-refractivity contribution in [1.29, 1.82) is 0 Å². The number of halogens is 3. The first-order valence-electron chi connectivity index (χ1n) is 10.3. The molecule has 0 bridgehead atoms. The number of methoxy groups -OCH3 is 2. The standard InChI is InChI=1S/C25H27F3O4/c1-31-23(29)9-4-3-6-18(16-20-12-14-21(15-13-20)24(30)32-2)10-11-19-7-5-8-22(17-19)25(26,27)28/h5,7-8,10-15,17-18H,3-4,6,9,16H2,1-2H3/b11-10+. The van der Waals surface area contributed by atoms with Crippen LogP contribution in [0.3, 0.4) is 0 Å². The molecule has 2 aromatic carbocycles. The molecule has 172 valence electrons. The van der Waals surface area contributed by atoms with E-state index < -0.39 is 17.7 Å². The van der Waals surface area contributed by atoms with E-state index in [1.165, 1.54) is 20.3 Å². The zero-order valence-electron chi connectivity index (χ0n) is 18.2. The van der Waals surface area contributed by atoms with E-state index in [0.717, 1.165) is 30.5 Å². The number of rotatable bonds is 10. The van der Waals surface area contributed by atoms with Crippen LogP contribution in [-0.2, 0) is 26.9 Å². The second kappa shape index (κ2) is 12.1. The number of hydrogen-bond donors (Lipinski definition) is 0. The number of benzene rings is 2. The molecule has 0 N–H and O–H groups in total. The Morgan fingerprint density at radius 3 is 2.34 bits per heavy atom. The molecule has 0 heterocycles. The Labute approximate surface area is 186 Å². The van der Waals surface area contributed by atoms with Crippen molar-refractivity contribution in [3.63, 3.8) is 0 Å². The molecule has 0 amide bonds. The minimum absolute atomic E-state index is 0.0474. The normalized spacial score (nSPS) is 12.5.